The average molecular weight is 486 g/mol. The van der Waals surface area contributed by atoms with Gasteiger partial charge in [-0.15, -0.1) is 23.5 Å². The third-order valence-electron chi connectivity index (χ3n) is 3.24. The molecule has 0 bridgehead atoms. The van der Waals surface area contributed by atoms with Gasteiger partial charge in [0, 0.05) is 15.7 Å². The van der Waals surface area contributed by atoms with Crippen LogP contribution in [-0.4, -0.2) is 34.9 Å². The van der Waals surface area contributed by atoms with Crippen molar-refractivity contribution in [3.63, 3.8) is 0 Å². The molecular formula is C21H29BrN2O2S2. The minimum atomic E-state index is 0.0765. The third kappa shape index (κ3) is 10.9. The number of nitrogens with zero attached hydrogens (tertiary/aromatic N) is 2. The SMILES string of the molecule is C=C(C)OCC.CSc1ccc(Br)c(C)n1.CSc1ccc(C(C)=O)c(C)n1. The van der Waals surface area contributed by atoms with Gasteiger partial charge in [-0.25, -0.2) is 9.97 Å². The van der Waals surface area contributed by atoms with Gasteiger partial charge in [-0.05, 0) is 87.3 Å². The van der Waals surface area contributed by atoms with Crippen LogP contribution in [0, 0.1) is 13.8 Å². The van der Waals surface area contributed by atoms with Crippen LogP contribution in [0.2, 0.25) is 0 Å². The molecule has 2 rings (SSSR count). The zero-order chi connectivity index (χ0) is 21.7. The summed E-state index contributed by atoms with van der Waals surface area (Å²) in [7, 11) is 0. The van der Waals surface area contributed by atoms with Crippen molar-refractivity contribution in [2.45, 2.75) is 44.7 Å². The van der Waals surface area contributed by atoms with Gasteiger partial charge in [0.2, 0.25) is 0 Å². The van der Waals surface area contributed by atoms with E-state index in [0.29, 0.717) is 5.56 Å². The Hall–Kier alpha value is -1.31. The Bertz CT molecular complexity index is 783. The number of hydrogen-bond acceptors (Lipinski definition) is 6. The fourth-order valence-corrected chi connectivity index (χ4v) is 2.99. The molecule has 4 nitrogen and oxygen atoms in total. The number of Topliss-reactive ketones (excluding diaryl/α,β-unsaturated/α-hetero) is 1. The number of allylic oxidation sites excluding steroid dienone is 1. The first-order valence-corrected chi connectivity index (χ1v) is 11.9. The number of rotatable bonds is 5. The maximum atomic E-state index is 11.0. The second-order valence-corrected chi connectivity index (χ2v) is 8.11. The molecule has 0 fully saturated rings. The maximum absolute atomic E-state index is 11.0. The predicted octanol–water partition coefficient (Wildman–Crippen LogP) is 6.75. The first-order chi connectivity index (χ1) is 13.2. The number of carbonyl (C=O) groups excluding carboxylic acids is 1. The van der Waals surface area contributed by atoms with Gasteiger partial charge in [-0.2, -0.15) is 0 Å². The van der Waals surface area contributed by atoms with Gasteiger partial charge < -0.3 is 4.74 Å². The van der Waals surface area contributed by atoms with Crippen LogP contribution in [0.3, 0.4) is 0 Å². The summed E-state index contributed by atoms with van der Waals surface area (Å²) < 4.78 is 5.92. The van der Waals surface area contributed by atoms with E-state index >= 15 is 0 Å². The Morgan fingerprint density at radius 2 is 1.54 bits per heavy atom. The predicted molar refractivity (Wildman–Crippen MR) is 126 cm³/mol. The number of halogens is 1. The summed E-state index contributed by atoms with van der Waals surface area (Å²) in [6.07, 6.45) is 3.99. The largest absolute Gasteiger partial charge is 0.499 e. The second-order valence-electron chi connectivity index (χ2n) is 5.60. The summed E-state index contributed by atoms with van der Waals surface area (Å²) >= 11 is 6.63. The fraction of sp³-hybridized carbons (Fsp3) is 0.381. The summed E-state index contributed by atoms with van der Waals surface area (Å²) in [6.45, 7) is 13.4. The highest BCUT2D eigenvalue weighted by molar-refractivity contribution is 9.10. The van der Waals surface area contributed by atoms with Crippen molar-refractivity contribution in [3.8, 4) is 0 Å². The zero-order valence-corrected chi connectivity index (χ0v) is 20.8. The highest BCUT2D eigenvalue weighted by atomic mass is 79.9. The molecule has 28 heavy (non-hydrogen) atoms. The molecule has 154 valence electrons. The molecule has 2 aromatic heterocycles. The van der Waals surface area contributed by atoms with Crippen LogP contribution in [0.5, 0.6) is 0 Å². The van der Waals surface area contributed by atoms with Crippen molar-refractivity contribution >= 4 is 45.2 Å². The molecule has 0 saturated heterocycles. The Morgan fingerprint density at radius 1 is 1.04 bits per heavy atom. The Balaban J connectivity index is 0.000000414. The molecular weight excluding hydrogens is 456 g/mol. The monoisotopic (exact) mass is 484 g/mol. The smallest absolute Gasteiger partial charge is 0.161 e. The Labute approximate surface area is 186 Å². The normalized spacial score (nSPS) is 9.43. The maximum Gasteiger partial charge on any atom is 0.161 e. The number of aryl methyl sites for hydroxylation is 2. The minimum Gasteiger partial charge on any atom is -0.499 e. The molecule has 0 radical (unpaired) electrons. The van der Waals surface area contributed by atoms with E-state index in [-0.39, 0.29) is 5.78 Å². The van der Waals surface area contributed by atoms with Gasteiger partial charge >= 0.3 is 0 Å². The van der Waals surface area contributed by atoms with Crippen molar-refractivity contribution in [1.29, 1.82) is 0 Å². The standard InChI is InChI=1S/C9H11NOS.C7H8BrNS.C5H10O/c1-6-8(7(2)11)4-5-9(10-6)12-3;1-5-6(8)3-4-7(9-5)10-2;1-4-6-5(2)3/h4-5H,1-3H3;3-4H,1-2H3;2,4H2,1,3H3. The van der Waals surface area contributed by atoms with E-state index in [0.717, 1.165) is 38.3 Å². The number of pyridine rings is 2. The van der Waals surface area contributed by atoms with E-state index in [1.54, 1.807) is 30.4 Å². The van der Waals surface area contributed by atoms with Gasteiger partial charge in [0.05, 0.1) is 28.1 Å². The molecule has 2 heterocycles. The summed E-state index contributed by atoms with van der Waals surface area (Å²) in [5.74, 6) is 0.866. The lowest BCUT2D eigenvalue weighted by molar-refractivity contribution is 0.101. The molecule has 0 saturated carbocycles. The molecule has 0 spiro atoms. The molecule has 0 aliphatic rings. The van der Waals surface area contributed by atoms with Crippen LogP contribution in [0.4, 0.5) is 0 Å². The third-order valence-corrected chi connectivity index (χ3v) is 5.37. The highest BCUT2D eigenvalue weighted by Gasteiger charge is 2.04. The lowest BCUT2D eigenvalue weighted by atomic mass is 10.1. The summed E-state index contributed by atoms with van der Waals surface area (Å²) in [6, 6.07) is 7.72. The van der Waals surface area contributed by atoms with Gasteiger partial charge in [-0.1, -0.05) is 6.58 Å². The van der Waals surface area contributed by atoms with Crippen molar-refractivity contribution < 1.29 is 9.53 Å². The van der Waals surface area contributed by atoms with Crippen molar-refractivity contribution in [1.82, 2.24) is 9.97 Å². The highest BCUT2D eigenvalue weighted by Crippen LogP contribution is 2.18. The van der Waals surface area contributed by atoms with Crippen molar-refractivity contribution in [3.05, 3.63) is 58.0 Å². The van der Waals surface area contributed by atoms with Crippen molar-refractivity contribution in [2.75, 3.05) is 19.1 Å². The van der Waals surface area contributed by atoms with E-state index in [2.05, 4.69) is 32.5 Å². The minimum absolute atomic E-state index is 0.0765. The van der Waals surface area contributed by atoms with Crippen LogP contribution >= 0.6 is 39.5 Å². The Kier molecular flexibility index (Phi) is 14.0. The topological polar surface area (TPSA) is 52.1 Å². The Morgan fingerprint density at radius 3 is 1.86 bits per heavy atom. The van der Waals surface area contributed by atoms with Gasteiger partial charge in [0.1, 0.15) is 0 Å². The number of ketones is 1. The number of hydrogen-bond donors (Lipinski definition) is 0. The summed E-state index contributed by atoms with van der Waals surface area (Å²) in [4.78, 5) is 19.6. The van der Waals surface area contributed by atoms with Gasteiger partial charge in [-0.3, -0.25) is 4.79 Å². The molecule has 0 aliphatic carbocycles. The van der Waals surface area contributed by atoms with Crippen LogP contribution in [0.15, 0.2) is 51.1 Å². The number of ether oxygens (including phenoxy) is 1. The lowest BCUT2D eigenvalue weighted by Gasteiger charge is -2.01. The van der Waals surface area contributed by atoms with E-state index in [1.165, 1.54) is 0 Å². The van der Waals surface area contributed by atoms with Crippen LogP contribution in [-0.2, 0) is 4.74 Å². The van der Waals surface area contributed by atoms with Crippen LogP contribution in [0.25, 0.3) is 0 Å². The second kappa shape index (κ2) is 14.7. The van der Waals surface area contributed by atoms with E-state index < -0.39 is 0 Å². The van der Waals surface area contributed by atoms with Crippen LogP contribution in [0.1, 0.15) is 42.5 Å². The summed E-state index contributed by atoms with van der Waals surface area (Å²) in [5, 5.41) is 2.03. The van der Waals surface area contributed by atoms with E-state index in [9.17, 15) is 4.79 Å². The van der Waals surface area contributed by atoms with E-state index in [1.807, 2.05) is 64.5 Å². The average Bonchev–Trinajstić information content (AvgIpc) is 2.64. The number of carbonyl (C=O) groups is 1. The molecule has 0 unspecified atom stereocenters. The summed E-state index contributed by atoms with van der Waals surface area (Å²) in [5.41, 5.74) is 2.58. The number of thioether (sulfide) groups is 2. The fourth-order valence-electron chi connectivity index (χ4n) is 1.90. The zero-order valence-electron chi connectivity index (χ0n) is 17.6. The molecule has 0 atom stereocenters. The molecule has 2 aromatic rings. The number of aromatic nitrogens is 2. The van der Waals surface area contributed by atoms with E-state index in [4.69, 9.17) is 4.74 Å². The lowest BCUT2D eigenvalue weighted by Crippen LogP contribution is -1.98. The molecule has 0 aromatic carbocycles. The molecule has 0 N–H and O–H groups in total. The van der Waals surface area contributed by atoms with Crippen LogP contribution < -0.4 is 0 Å². The quantitative estimate of drug-likeness (QED) is 0.265. The van der Waals surface area contributed by atoms with Gasteiger partial charge in [0.15, 0.2) is 5.78 Å². The first kappa shape index (κ1) is 26.7. The molecule has 7 heteroatoms. The van der Waals surface area contributed by atoms with Gasteiger partial charge in [0.25, 0.3) is 0 Å². The molecule has 0 aliphatic heterocycles. The molecule has 0 amide bonds. The first-order valence-electron chi connectivity index (χ1n) is 8.64. The van der Waals surface area contributed by atoms with Crippen molar-refractivity contribution in [2.24, 2.45) is 0 Å².